The molecule has 7 heteroatoms. The van der Waals surface area contributed by atoms with Gasteiger partial charge in [0.1, 0.15) is 4.88 Å². The van der Waals surface area contributed by atoms with Gasteiger partial charge in [-0.05, 0) is 31.9 Å². The van der Waals surface area contributed by atoms with E-state index in [0.717, 1.165) is 39.9 Å². The van der Waals surface area contributed by atoms with E-state index in [1.165, 1.54) is 7.11 Å². The number of nitrogens with zero attached hydrogens (tertiary/aromatic N) is 2. The van der Waals surface area contributed by atoms with Crippen LogP contribution >= 0.6 is 11.3 Å². The molecule has 0 spiro atoms. The van der Waals surface area contributed by atoms with Gasteiger partial charge in [-0.15, -0.1) is 0 Å². The SMILES string of the molecule is CCc1nc2ccccc2c(C(=O)Nc2nc(C)c(C(=O)OC)s2)c1C. The van der Waals surface area contributed by atoms with Gasteiger partial charge in [-0.3, -0.25) is 15.1 Å². The van der Waals surface area contributed by atoms with Gasteiger partial charge in [-0.25, -0.2) is 9.78 Å². The normalized spacial score (nSPS) is 10.8. The molecule has 0 radical (unpaired) electrons. The summed E-state index contributed by atoms with van der Waals surface area (Å²) in [6.07, 6.45) is 0.736. The molecule has 3 aromatic rings. The van der Waals surface area contributed by atoms with Crippen LogP contribution in [-0.4, -0.2) is 29.0 Å². The zero-order valence-corrected chi connectivity index (χ0v) is 15.9. The predicted octanol–water partition coefficient (Wildman–Crippen LogP) is 3.91. The number of hydrogen-bond acceptors (Lipinski definition) is 6. The van der Waals surface area contributed by atoms with E-state index in [-0.39, 0.29) is 5.91 Å². The van der Waals surface area contributed by atoms with Crippen LogP contribution < -0.4 is 5.32 Å². The minimum absolute atomic E-state index is 0.263. The van der Waals surface area contributed by atoms with Gasteiger partial charge in [0, 0.05) is 11.1 Å². The van der Waals surface area contributed by atoms with Gasteiger partial charge in [0.15, 0.2) is 5.13 Å². The lowest BCUT2D eigenvalue weighted by molar-refractivity contribution is 0.0605. The number of ether oxygens (including phenoxy) is 1. The molecule has 0 bridgehead atoms. The molecule has 0 saturated heterocycles. The highest BCUT2D eigenvalue weighted by Crippen LogP contribution is 2.27. The van der Waals surface area contributed by atoms with Crippen molar-refractivity contribution >= 4 is 39.2 Å². The van der Waals surface area contributed by atoms with Crippen molar-refractivity contribution in [2.24, 2.45) is 0 Å². The number of rotatable bonds is 4. The summed E-state index contributed by atoms with van der Waals surface area (Å²) < 4.78 is 4.74. The molecule has 1 amide bonds. The molecular weight excluding hydrogens is 350 g/mol. The molecular formula is C19H19N3O3S. The van der Waals surface area contributed by atoms with E-state index in [4.69, 9.17) is 4.74 Å². The van der Waals surface area contributed by atoms with Gasteiger partial charge in [0.05, 0.1) is 23.9 Å². The fourth-order valence-electron chi connectivity index (χ4n) is 2.89. The number of pyridine rings is 1. The van der Waals surface area contributed by atoms with Crippen LogP contribution in [0.3, 0.4) is 0 Å². The summed E-state index contributed by atoms with van der Waals surface area (Å²) in [5, 5.41) is 3.98. The molecule has 6 nitrogen and oxygen atoms in total. The quantitative estimate of drug-likeness (QED) is 0.705. The number of esters is 1. The molecule has 26 heavy (non-hydrogen) atoms. The topological polar surface area (TPSA) is 81.2 Å². The number of thiazole rings is 1. The van der Waals surface area contributed by atoms with Gasteiger partial charge in [0.2, 0.25) is 0 Å². The minimum atomic E-state index is -0.459. The lowest BCUT2D eigenvalue weighted by Crippen LogP contribution is -2.15. The third kappa shape index (κ3) is 3.17. The first-order valence-corrected chi connectivity index (χ1v) is 9.03. The molecule has 0 aliphatic carbocycles. The fraction of sp³-hybridized carbons (Fsp3) is 0.263. The maximum atomic E-state index is 13.0. The fourth-order valence-corrected chi connectivity index (χ4v) is 3.77. The molecule has 1 aromatic carbocycles. The monoisotopic (exact) mass is 369 g/mol. The van der Waals surface area contributed by atoms with Gasteiger partial charge < -0.3 is 4.74 Å². The van der Waals surface area contributed by atoms with Crippen molar-refractivity contribution in [3.05, 3.63) is 51.7 Å². The Kier molecular flexibility index (Phi) is 4.99. The van der Waals surface area contributed by atoms with E-state index in [1.54, 1.807) is 6.92 Å². The maximum Gasteiger partial charge on any atom is 0.350 e. The number of aromatic nitrogens is 2. The number of carbonyl (C=O) groups is 2. The van der Waals surface area contributed by atoms with Gasteiger partial charge in [-0.1, -0.05) is 36.5 Å². The first-order chi connectivity index (χ1) is 12.5. The summed E-state index contributed by atoms with van der Waals surface area (Å²) in [5.41, 5.74) is 3.64. The number of methoxy groups -OCH3 is 1. The van der Waals surface area contributed by atoms with Crippen LogP contribution in [0, 0.1) is 13.8 Å². The van der Waals surface area contributed by atoms with Gasteiger partial charge in [-0.2, -0.15) is 0 Å². The van der Waals surface area contributed by atoms with E-state index in [9.17, 15) is 9.59 Å². The third-order valence-electron chi connectivity index (χ3n) is 4.19. The van der Waals surface area contributed by atoms with E-state index in [1.807, 2.05) is 38.1 Å². The van der Waals surface area contributed by atoms with E-state index >= 15 is 0 Å². The van der Waals surface area contributed by atoms with E-state index in [2.05, 4.69) is 15.3 Å². The van der Waals surface area contributed by atoms with Crippen molar-refractivity contribution in [2.75, 3.05) is 12.4 Å². The Hall–Kier alpha value is -2.80. The van der Waals surface area contributed by atoms with Crippen LogP contribution in [0.2, 0.25) is 0 Å². The summed E-state index contributed by atoms with van der Waals surface area (Å²) >= 11 is 1.10. The van der Waals surface area contributed by atoms with Crippen LogP contribution in [0.4, 0.5) is 5.13 Å². The number of carbonyl (C=O) groups excluding carboxylic acids is 2. The first kappa shape index (κ1) is 18.0. The molecule has 0 saturated carbocycles. The smallest absolute Gasteiger partial charge is 0.350 e. The Bertz CT molecular complexity index is 1010. The van der Waals surface area contributed by atoms with Crippen molar-refractivity contribution < 1.29 is 14.3 Å². The number of benzene rings is 1. The molecule has 2 heterocycles. The predicted molar refractivity (Wildman–Crippen MR) is 102 cm³/mol. The second-order valence-corrected chi connectivity index (χ2v) is 6.81. The maximum absolute atomic E-state index is 13.0. The molecule has 2 aromatic heterocycles. The largest absolute Gasteiger partial charge is 0.465 e. The lowest BCUT2D eigenvalue weighted by Gasteiger charge is -2.13. The van der Waals surface area contributed by atoms with Crippen LogP contribution in [-0.2, 0) is 11.2 Å². The number of nitrogens with one attached hydrogen (secondary N) is 1. The number of anilines is 1. The van der Waals surface area contributed by atoms with Crippen LogP contribution in [0.15, 0.2) is 24.3 Å². The van der Waals surface area contributed by atoms with Crippen molar-refractivity contribution in [1.29, 1.82) is 0 Å². The first-order valence-electron chi connectivity index (χ1n) is 8.21. The number of aryl methyl sites for hydroxylation is 2. The molecule has 3 rings (SSSR count). The molecule has 0 unspecified atom stereocenters. The zero-order chi connectivity index (χ0) is 18.8. The number of hydrogen-bond donors (Lipinski definition) is 1. The van der Waals surface area contributed by atoms with E-state index in [0.29, 0.717) is 21.3 Å². The molecule has 0 atom stereocenters. The van der Waals surface area contributed by atoms with Crippen molar-refractivity contribution in [1.82, 2.24) is 9.97 Å². The highest BCUT2D eigenvalue weighted by atomic mass is 32.1. The standard InChI is InChI=1S/C19H19N3O3S/c1-5-13-10(2)15(12-8-6-7-9-14(12)21-13)17(23)22-19-20-11(3)16(26-19)18(24)25-4/h6-9H,5H2,1-4H3,(H,20,22,23). The average Bonchev–Trinajstić information content (AvgIpc) is 3.00. The summed E-state index contributed by atoms with van der Waals surface area (Å²) in [5.74, 6) is -0.722. The van der Waals surface area contributed by atoms with Crippen molar-refractivity contribution in [3.8, 4) is 0 Å². The molecule has 0 aliphatic heterocycles. The summed E-state index contributed by atoms with van der Waals surface area (Å²) in [6, 6.07) is 7.57. The molecule has 0 aliphatic rings. The zero-order valence-electron chi connectivity index (χ0n) is 15.0. The Morgan fingerprint density at radius 1 is 1.19 bits per heavy atom. The Morgan fingerprint density at radius 3 is 2.62 bits per heavy atom. The third-order valence-corrected chi connectivity index (χ3v) is 5.24. The molecule has 134 valence electrons. The highest BCUT2D eigenvalue weighted by Gasteiger charge is 2.21. The van der Waals surface area contributed by atoms with Crippen LogP contribution in [0.25, 0.3) is 10.9 Å². The Balaban J connectivity index is 2.03. The lowest BCUT2D eigenvalue weighted by atomic mass is 9.99. The van der Waals surface area contributed by atoms with Crippen LogP contribution in [0.1, 0.15) is 43.9 Å². The average molecular weight is 369 g/mol. The number of amides is 1. The van der Waals surface area contributed by atoms with Gasteiger partial charge in [0.25, 0.3) is 5.91 Å². The summed E-state index contributed by atoms with van der Waals surface area (Å²) in [6.45, 7) is 5.62. The molecule has 1 N–H and O–H groups in total. The number of fused-ring (bicyclic) bond motifs is 1. The van der Waals surface area contributed by atoms with Crippen molar-refractivity contribution in [3.63, 3.8) is 0 Å². The number of para-hydroxylation sites is 1. The molecule has 0 fully saturated rings. The second-order valence-electron chi connectivity index (χ2n) is 5.81. The summed E-state index contributed by atoms with van der Waals surface area (Å²) in [4.78, 5) is 34.0. The highest BCUT2D eigenvalue weighted by molar-refractivity contribution is 7.17. The Labute approximate surface area is 155 Å². The Morgan fingerprint density at radius 2 is 1.92 bits per heavy atom. The summed E-state index contributed by atoms with van der Waals surface area (Å²) in [7, 11) is 1.32. The minimum Gasteiger partial charge on any atom is -0.465 e. The van der Waals surface area contributed by atoms with Crippen LogP contribution in [0.5, 0.6) is 0 Å². The van der Waals surface area contributed by atoms with Gasteiger partial charge >= 0.3 is 5.97 Å². The van der Waals surface area contributed by atoms with E-state index < -0.39 is 5.97 Å². The second kappa shape index (κ2) is 7.21. The van der Waals surface area contributed by atoms with Crippen molar-refractivity contribution in [2.45, 2.75) is 27.2 Å².